The fourth-order valence-electron chi connectivity index (χ4n) is 1.91. The third kappa shape index (κ3) is 4.94. The molecule has 0 bridgehead atoms. The van der Waals surface area contributed by atoms with Gasteiger partial charge in [0, 0.05) is 31.9 Å². The molecule has 0 saturated carbocycles. The number of aliphatic hydroxyl groups excluding tert-OH is 1. The largest absolute Gasteiger partial charge is 0.396 e. The molecule has 114 valence electrons. The van der Waals surface area contributed by atoms with E-state index in [4.69, 9.17) is 4.74 Å². The number of methoxy groups -OCH3 is 1. The van der Waals surface area contributed by atoms with Gasteiger partial charge >= 0.3 is 0 Å². The van der Waals surface area contributed by atoms with Gasteiger partial charge in [-0.05, 0) is 26.7 Å². The van der Waals surface area contributed by atoms with Gasteiger partial charge in [0.2, 0.25) is 0 Å². The van der Waals surface area contributed by atoms with E-state index in [0.717, 1.165) is 24.6 Å². The molecule has 1 aromatic heterocycles. The Balaban J connectivity index is 2.96. The van der Waals surface area contributed by atoms with Gasteiger partial charge in [-0.3, -0.25) is 0 Å². The second-order valence-corrected chi connectivity index (χ2v) is 5.03. The van der Waals surface area contributed by atoms with Gasteiger partial charge in [-0.25, -0.2) is 9.97 Å². The van der Waals surface area contributed by atoms with Crippen LogP contribution < -0.4 is 10.6 Å². The van der Waals surface area contributed by atoms with Crippen molar-refractivity contribution in [2.45, 2.75) is 45.8 Å². The van der Waals surface area contributed by atoms with Gasteiger partial charge in [-0.15, -0.1) is 0 Å². The van der Waals surface area contributed by atoms with Crippen LogP contribution in [0.3, 0.4) is 0 Å². The standard InChI is InChI=1S/C14H26N4O2/c1-5-14(3,7-8-19)18-12-9-11(15-6-2)16-13(17-12)10-20-4/h9,19H,5-8,10H2,1-4H3,(H2,15,16,17,18). The molecule has 0 saturated heterocycles. The number of nitrogens with zero attached hydrogens (tertiary/aromatic N) is 2. The maximum absolute atomic E-state index is 9.18. The van der Waals surface area contributed by atoms with E-state index < -0.39 is 0 Å². The Hall–Kier alpha value is -1.40. The highest BCUT2D eigenvalue weighted by molar-refractivity contribution is 5.48. The van der Waals surface area contributed by atoms with E-state index in [9.17, 15) is 5.11 Å². The Bertz CT molecular complexity index is 390. The number of nitrogens with one attached hydrogen (secondary N) is 2. The van der Waals surface area contributed by atoms with Gasteiger partial charge in [-0.1, -0.05) is 6.92 Å². The quantitative estimate of drug-likeness (QED) is 0.643. The summed E-state index contributed by atoms with van der Waals surface area (Å²) in [7, 11) is 1.62. The Labute approximate surface area is 121 Å². The van der Waals surface area contributed by atoms with Crippen molar-refractivity contribution in [2.75, 3.05) is 30.9 Å². The summed E-state index contributed by atoms with van der Waals surface area (Å²) in [6, 6.07) is 1.88. The van der Waals surface area contributed by atoms with Crippen LogP contribution in [-0.2, 0) is 11.3 Å². The molecule has 0 aliphatic heterocycles. The highest BCUT2D eigenvalue weighted by atomic mass is 16.5. The average Bonchev–Trinajstić information content (AvgIpc) is 2.39. The van der Waals surface area contributed by atoms with Crippen molar-refractivity contribution in [3.8, 4) is 0 Å². The molecule has 1 heterocycles. The van der Waals surface area contributed by atoms with Crippen molar-refractivity contribution in [1.82, 2.24) is 9.97 Å². The summed E-state index contributed by atoms with van der Waals surface area (Å²) >= 11 is 0. The summed E-state index contributed by atoms with van der Waals surface area (Å²) in [5.41, 5.74) is -0.184. The number of aromatic nitrogens is 2. The van der Waals surface area contributed by atoms with Crippen molar-refractivity contribution in [3.05, 3.63) is 11.9 Å². The molecule has 0 aliphatic rings. The Morgan fingerprint density at radius 1 is 1.30 bits per heavy atom. The van der Waals surface area contributed by atoms with Gasteiger partial charge in [0.1, 0.15) is 18.2 Å². The summed E-state index contributed by atoms with van der Waals surface area (Å²) in [5, 5.41) is 15.8. The summed E-state index contributed by atoms with van der Waals surface area (Å²) in [6.45, 7) is 7.50. The number of rotatable bonds is 9. The summed E-state index contributed by atoms with van der Waals surface area (Å²) in [5.74, 6) is 2.16. The van der Waals surface area contributed by atoms with E-state index in [1.165, 1.54) is 0 Å². The molecule has 0 radical (unpaired) electrons. The van der Waals surface area contributed by atoms with Crippen LogP contribution in [0.15, 0.2) is 6.07 Å². The van der Waals surface area contributed by atoms with Gasteiger partial charge in [0.25, 0.3) is 0 Å². The molecule has 3 N–H and O–H groups in total. The number of anilines is 2. The number of aliphatic hydroxyl groups is 1. The van der Waals surface area contributed by atoms with E-state index >= 15 is 0 Å². The van der Waals surface area contributed by atoms with E-state index in [0.29, 0.717) is 18.9 Å². The summed E-state index contributed by atoms with van der Waals surface area (Å²) < 4.78 is 5.10. The highest BCUT2D eigenvalue weighted by Gasteiger charge is 2.22. The lowest BCUT2D eigenvalue weighted by atomic mass is 9.95. The second-order valence-electron chi connectivity index (χ2n) is 5.03. The molecule has 1 rings (SSSR count). The van der Waals surface area contributed by atoms with Crippen LogP contribution in [0, 0.1) is 0 Å². The lowest BCUT2D eigenvalue weighted by Crippen LogP contribution is -2.35. The SMILES string of the molecule is CCNc1cc(NC(C)(CC)CCO)nc(COC)n1. The fourth-order valence-corrected chi connectivity index (χ4v) is 1.91. The minimum atomic E-state index is -0.184. The van der Waals surface area contributed by atoms with Crippen molar-refractivity contribution in [2.24, 2.45) is 0 Å². The van der Waals surface area contributed by atoms with Crippen molar-refractivity contribution >= 4 is 11.6 Å². The lowest BCUT2D eigenvalue weighted by Gasteiger charge is -2.29. The molecule has 0 amide bonds. The first kappa shape index (κ1) is 16.7. The zero-order chi connectivity index (χ0) is 15.0. The first-order valence-electron chi connectivity index (χ1n) is 7.06. The number of hydrogen-bond donors (Lipinski definition) is 3. The van der Waals surface area contributed by atoms with Crippen LogP contribution in [0.2, 0.25) is 0 Å². The normalized spacial score (nSPS) is 13.8. The smallest absolute Gasteiger partial charge is 0.158 e. The van der Waals surface area contributed by atoms with E-state index in [-0.39, 0.29) is 12.1 Å². The number of ether oxygens (including phenoxy) is 1. The number of hydrogen-bond acceptors (Lipinski definition) is 6. The summed E-state index contributed by atoms with van der Waals surface area (Å²) in [6.07, 6.45) is 1.57. The Kier molecular flexibility index (Phi) is 6.67. The van der Waals surface area contributed by atoms with Gasteiger partial charge in [0.15, 0.2) is 5.82 Å². The molecular weight excluding hydrogens is 256 g/mol. The predicted molar refractivity (Wildman–Crippen MR) is 80.9 cm³/mol. The predicted octanol–water partition coefficient (Wildman–Crippen LogP) is 2.02. The lowest BCUT2D eigenvalue weighted by molar-refractivity contribution is 0.178. The molecule has 0 spiro atoms. The molecule has 6 nitrogen and oxygen atoms in total. The maximum atomic E-state index is 9.18. The molecule has 1 aromatic rings. The molecule has 1 unspecified atom stereocenters. The van der Waals surface area contributed by atoms with Crippen LogP contribution >= 0.6 is 0 Å². The van der Waals surface area contributed by atoms with Gasteiger partial charge in [-0.2, -0.15) is 0 Å². The Morgan fingerprint density at radius 3 is 2.55 bits per heavy atom. The molecule has 0 aliphatic carbocycles. The van der Waals surface area contributed by atoms with Gasteiger partial charge in [0.05, 0.1) is 0 Å². The summed E-state index contributed by atoms with van der Waals surface area (Å²) in [4.78, 5) is 8.83. The maximum Gasteiger partial charge on any atom is 0.158 e. The van der Waals surface area contributed by atoms with Crippen molar-refractivity contribution < 1.29 is 9.84 Å². The van der Waals surface area contributed by atoms with Crippen LogP contribution in [0.4, 0.5) is 11.6 Å². The second kappa shape index (κ2) is 8.01. The van der Waals surface area contributed by atoms with Crippen molar-refractivity contribution in [1.29, 1.82) is 0 Å². The first-order valence-corrected chi connectivity index (χ1v) is 7.06. The minimum absolute atomic E-state index is 0.146. The monoisotopic (exact) mass is 282 g/mol. The van der Waals surface area contributed by atoms with E-state index in [2.05, 4.69) is 34.4 Å². The van der Waals surface area contributed by atoms with Crippen LogP contribution in [0.25, 0.3) is 0 Å². The molecule has 20 heavy (non-hydrogen) atoms. The molecule has 1 atom stereocenters. The van der Waals surface area contributed by atoms with Crippen LogP contribution in [0.5, 0.6) is 0 Å². The third-order valence-corrected chi connectivity index (χ3v) is 3.28. The topological polar surface area (TPSA) is 79.3 Å². The molecule has 0 aromatic carbocycles. The third-order valence-electron chi connectivity index (χ3n) is 3.28. The Morgan fingerprint density at radius 2 is 2.00 bits per heavy atom. The fraction of sp³-hybridized carbons (Fsp3) is 0.714. The van der Waals surface area contributed by atoms with Crippen LogP contribution in [-0.4, -0.2) is 40.9 Å². The van der Waals surface area contributed by atoms with E-state index in [1.807, 2.05) is 13.0 Å². The molecular formula is C14H26N4O2. The first-order chi connectivity index (χ1) is 9.56. The van der Waals surface area contributed by atoms with Gasteiger partial charge < -0.3 is 20.5 Å². The zero-order valence-corrected chi connectivity index (χ0v) is 12.9. The average molecular weight is 282 g/mol. The molecule has 6 heteroatoms. The van der Waals surface area contributed by atoms with Crippen molar-refractivity contribution in [3.63, 3.8) is 0 Å². The van der Waals surface area contributed by atoms with Crippen LogP contribution in [0.1, 0.15) is 39.4 Å². The zero-order valence-electron chi connectivity index (χ0n) is 12.9. The molecule has 0 fully saturated rings. The van der Waals surface area contributed by atoms with E-state index in [1.54, 1.807) is 7.11 Å². The highest BCUT2D eigenvalue weighted by Crippen LogP contribution is 2.22. The minimum Gasteiger partial charge on any atom is -0.396 e.